The number of hydrogen-bond donors (Lipinski definition) is 3. The van der Waals surface area contributed by atoms with Gasteiger partial charge in [0.1, 0.15) is 0 Å². The summed E-state index contributed by atoms with van der Waals surface area (Å²) < 4.78 is 33.1. The van der Waals surface area contributed by atoms with E-state index in [0.717, 1.165) is 50.4 Å². The van der Waals surface area contributed by atoms with Crippen LogP contribution in [-0.2, 0) is 45.8 Å². The van der Waals surface area contributed by atoms with Crippen molar-refractivity contribution in [3.8, 4) is 0 Å². The predicted molar refractivity (Wildman–Crippen MR) is 188 cm³/mol. The van der Waals surface area contributed by atoms with Crippen molar-refractivity contribution in [2.75, 3.05) is 0 Å². The molecule has 0 spiro atoms. The van der Waals surface area contributed by atoms with Crippen LogP contribution in [-0.4, -0.2) is 36.7 Å². The molecule has 0 aliphatic rings. The Bertz CT molecular complexity index is 719. The number of carbonyl (C=O) groups excluding carboxylic acids is 2. The van der Waals surface area contributed by atoms with Gasteiger partial charge in [-0.15, -0.1) is 0 Å². The quantitative estimate of drug-likeness (QED) is 0.0260. The van der Waals surface area contributed by atoms with Gasteiger partial charge < -0.3 is 14.6 Å². The van der Waals surface area contributed by atoms with Crippen LogP contribution >= 0.6 is 0 Å². The maximum atomic E-state index is 12.1. The normalized spacial score (nSPS) is 11.1. The van der Waals surface area contributed by atoms with Crippen molar-refractivity contribution < 1.29 is 58.3 Å². The fraction of sp³-hybridized carbons (Fsp3) is 0.921. The molecule has 0 aromatic heterocycles. The summed E-state index contributed by atoms with van der Waals surface area (Å²) in [5, 5.41) is 9.32. The first-order valence-corrected chi connectivity index (χ1v) is 21.5. The molecule has 0 fully saturated rings. The van der Waals surface area contributed by atoms with Gasteiger partial charge in [0.25, 0.3) is 0 Å². The van der Waals surface area contributed by atoms with Crippen molar-refractivity contribution in [2.45, 2.75) is 214 Å². The van der Waals surface area contributed by atoms with Crippen molar-refractivity contribution in [1.82, 2.24) is 0 Å². The van der Waals surface area contributed by atoms with Crippen LogP contribution in [0.1, 0.15) is 207 Å². The Morgan fingerprint density at radius 3 is 0.875 bits per heavy atom. The number of ether oxygens (including phenoxy) is 2. The number of aliphatic carboxylic acids is 1. The molecule has 0 unspecified atom stereocenters. The molecule has 0 aliphatic carbocycles. The van der Waals surface area contributed by atoms with Gasteiger partial charge in [0.15, 0.2) is 0 Å². The van der Waals surface area contributed by atoms with E-state index < -0.39 is 42.8 Å². The van der Waals surface area contributed by atoms with Crippen LogP contribution in [0.3, 0.4) is 0 Å². The van der Waals surface area contributed by atoms with Crippen LogP contribution in [0.25, 0.3) is 0 Å². The van der Waals surface area contributed by atoms with Gasteiger partial charge in [-0.3, -0.25) is 9.59 Å². The Labute approximate surface area is 300 Å². The standard InChI is InChI=1S/C38H72O6.2H2O.O.Ti/c1-33(2)29-25-21-17-13-9-5-7-11-15-19-23-27-31-35(39)43-38(37(41)42)44-36(40)32-28-24-20-16-12-8-6-10-14-18-22-26-30-34(3)4;;;;/h33-34,38H,5-32H2,1-4H3,(H,41,42);2*1H2;;/q;;;;+2/p-2. The number of esters is 2. The van der Waals surface area contributed by atoms with E-state index in [1.807, 2.05) is 0 Å². The molecule has 48 heavy (non-hydrogen) atoms. The van der Waals surface area contributed by atoms with Gasteiger partial charge in [0.05, 0.1) is 0 Å². The molecule has 10 heteroatoms. The van der Waals surface area contributed by atoms with Gasteiger partial charge in [-0.1, -0.05) is 182 Å². The number of hydrogen-bond acceptors (Lipinski definition) is 6. The summed E-state index contributed by atoms with van der Waals surface area (Å²) in [6.45, 7) is 9.17. The number of carboxylic acid groups (broad SMARTS) is 1. The third-order valence-corrected chi connectivity index (χ3v) is 8.50. The summed E-state index contributed by atoms with van der Waals surface area (Å²) >= 11 is -3.58. The van der Waals surface area contributed by atoms with Crippen LogP contribution in [0.2, 0.25) is 0 Å². The molecule has 3 N–H and O–H groups in total. The van der Waals surface area contributed by atoms with Gasteiger partial charge in [-0.2, -0.15) is 0 Å². The average Bonchev–Trinajstić information content (AvgIpc) is 3.00. The SMILES string of the molecule is CC(C)CCCCCCCCCCCCCCC(=O)OC(OC(=O)CCCCCCCCCCCCCCC(C)C)C(=O)O.[O]=[Ti]([OH])[OH]. The van der Waals surface area contributed by atoms with E-state index in [1.165, 1.54) is 116 Å². The van der Waals surface area contributed by atoms with Crippen molar-refractivity contribution in [2.24, 2.45) is 11.8 Å². The zero-order valence-corrected chi connectivity index (χ0v) is 32.9. The van der Waals surface area contributed by atoms with E-state index in [1.54, 1.807) is 0 Å². The van der Waals surface area contributed by atoms with Crippen molar-refractivity contribution in [3.05, 3.63) is 0 Å². The van der Waals surface area contributed by atoms with Crippen molar-refractivity contribution >= 4 is 17.9 Å². The number of unbranched alkanes of at least 4 members (excludes halogenated alkanes) is 22. The molecule has 0 aliphatic heterocycles. The molecule has 0 aromatic rings. The van der Waals surface area contributed by atoms with Crippen LogP contribution < -0.4 is 0 Å². The van der Waals surface area contributed by atoms with Crippen molar-refractivity contribution in [3.63, 3.8) is 0 Å². The van der Waals surface area contributed by atoms with Gasteiger partial charge in [-0.25, -0.2) is 4.79 Å². The Morgan fingerprint density at radius 1 is 0.458 bits per heavy atom. The fourth-order valence-electron chi connectivity index (χ4n) is 5.66. The zero-order valence-electron chi connectivity index (χ0n) is 31.3. The Hall–Kier alpha value is -1.16. The second kappa shape index (κ2) is 37.1. The molecule has 0 aromatic carbocycles. The summed E-state index contributed by atoms with van der Waals surface area (Å²) in [6, 6.07) is 0. The van der Waals surface area contributed by atoms with E-state index in [0.29, 0.717) is 12.8 Å². The molecule has 0 saturated carbocycles. The number of carboxylic acids is 1. The van der Waals surface area contributed by atoms with Gasteiger partial charge in [0.2, 0.25) is 0 Å². The first kappa shape index (κ1) is 49.0. The van der Waals surface area contributed by atoms with Gasteiger partial charge >= 0.3 is 53.5 Å². The number of carbonyl (C=O) groups is 3. The van der Waals surface area contributed by atoms with E-state index in [2.05, 4.69) is 27.7 Å². The molecule has 9 nitrogen and oxygen atoms in total. The zero-order chi connectivity index (χ0) is 36.3. The third kappa shape index (κ3) is 42.9. The second-order valence-corrected chi connectivity index (χ2v) is 15.2. The maximum absolute atomic E-state index is 12.1. The summed E-state index contributed by atoms with van der Waals surface area (Å²) in [4.78, 5) is 35.7. The summed E-state index contributed by atoms with van der Waals surface area (Å²) in [7, 11) is 0. The van der Waals surface area contributed by atoms with Gasteiger partial charge in [0, 0.05) is 12.8 Å². The third-order valence-electron chi connectivity index (χ3n) is 8.50. The Balaban J connectivity index is 0. The Kier molecular flexibility index (Phi) is 37.8. The molecule has 0 amide bonds. The fourth-order valence-corrected chi connectivity index (χ4v) is 5.66. The molecule has 0 bridgehead atoms. The summed E-state index contributed by atoms with van der Waals surface area (Å²) in [5.41, 5.74) is 0. The van der Waals surface area contributed by atoms with E-state index in [4.69, 9.17) is 20.2 Å². The first-order valence-electron chi connectivity index (χ1n) is 19.5. The van der Waals surface area contributed by atoms with E-state index >= 15 is 0 Å². The second-order valence-electron chi connectivity index (χ2n) is 14.3. The summed E-state index contributed by atoms with van der Waals surface area (Å²) in [5.74, 6) is -1.04. The molecule has 0 rings (SSSR count). The molecular formula is C38H74O9Ti. The molecular weight excluding hydrogens is 648 g/mol. The topological polar surface area (TPSA) is 147 Å². The monoisotopic (exact) mass is 722 g/mol. The molecule has 0 radical (unpaired) electrons. The van der Waals surface area contributed by atoms with Crippen LogP contribution in [0.5, 0.6) is 0 Å². The first-order chi connectivity index (χ1) is 23.0. The molecule has 0 atom stereocenters. The van der Waals surface area contributed by atoms with E-state index in [-0.39, 0.29) is 12.8 Å². The minimum absolute atomic E-state index is 0.149. The van der Waals surface area contributed by atoms with Crippen molar-refractivity contribution in [1.29, 1.82) is 0 Å². The van der Waals surface area contributed by atoms with Crippen LogP contribution in [0.15, 0.2) is 0 Å². The minimum atomic E-state index is -3.58. The van der Waals surface area contributed by atoms with Crippen LogP contribution in [0, 0.1) is 11.8 Å². The average molecular weight is 723 g/mol. The number of rotatable bonds is 33. The summed E-state index contributed by atoms with van der Waals surface area (Å²) in [6.07, 6.45) is 30.0. The van der Waals surface area contributed by atoms with E-state index in [9.17, 15) is 19.5 Å². The molecule has 0 saturated heterocycles. The molecule has 284 valence electrons. The van der Waals surface area contributed by atoms with Gasteiger partial charge in [-0.05, 0) is 24.7 Å². The Morgan fingerprint density at radius 2 is 0.667 bits per heavy atom. The molecule has 0 heterocycles. The van der Waals surface area contributed by atoms with Crippen LogP contribution in [0.4, 0.5) is 0 Å². The predicted octanol–water partition coefficient (Wildman–Crippen LogP) is 10.5.